The Balaban J connectivity index is 2.72. The van der Waals surface area contributed by atoms with Crippen LogP contribution >= 0.6 is 15.9 Å². The van der Waals surface area contributed by atoms with E-state index in [1.807, 2.05) is 0 Å². The van der Waals surface area contributed by atoms with Crippen molar-refractivity contribution < 1.29 is 23.5 Å². The fraction of sp³-hybridized carbons (Fsp3) is 0.333. The molecule has 7 heteroatoms. The lowest BCUT2D eigenvalue weighted by Gasteiger charge is -2.11. The quantitative estimate of drug-likeness (QED) is 0.869. The molecule has 1 aromatic rings. The number of carbonyl (C=O) groups excluding carboxylic acids is 1. The van der Waals surface area contributed by atoms with Crippen LogP contribution in [0.3, 0.4) is 0 Å². The molecule has 0 saturated heterocycles. The molecule has 0 aromatic heterocycles. The van der Waals surface area contributed by atoms with Crippen LogP contribution in [0.5, 0.6) is 0 Å². The average molecular weight is 336 g/mol. The number of rotatable bonds is 5. The lowest BCUT2D eigenvalue weighted by atomic mass is 10.1. The van der Waals surface area contributed by atoms with E-state index in [1.54, 1.807) is 6.92 Å². The monoisotopic (exact) mass is 335 g/mol. The Kier molecular flexibility index (Phi) is 5.41. The number of amides is 1. The van der Waals surface area contributed by atoms with E-state index in [0.717, 1.165) is 12.1 Å². The number of carboxylic acid groups (broad SMARTS) is 1. The Hall–Kier alpha value is -1.50. The van der Waals surface area contributed by atoms with Gasteiger partial charge in [-0.05, 0) is 18.1 Å². The minimum absolute atomic E-state index is 0.0279. The molecule has 0 fully saturated rings. The zero-order valence-electron chi connectivity index (χ0n) is 10.0. The summed E-state index contributed by atoms with van der Waals surface area (Å²) in [5.41, 5.74) is -0.675. The van der Waals surface area contributed by atoms with Gasteiger partial charge in [0.2, 0.25) is 0 Å². The van der Waals surface area contributed by atoms with E-state index in [2.05, 4.69) is 21.2 Å². The SMILES string of the molecule is CC(CNC(=O)c1c(F)cc(Br)cc1F)CC(=O)O. The van der Waals surface area contributed by atoms with Gasteiger partial charge in [-0.3, -0.25) is 9.59 Å². The van der Waals surface area contributed by atoms with Gasteiger partial charge in [0, 0.05) is 17.4 Å². The Morgan fingerprint density at radius 3 is 2.37 bits per heavy atom. The van der Waals surface area contributed by atoms with Crippen LogP contribution in [0.4, 0.5) is 8.78 Å². The maximum Gasteiger partial charge on any atom is 0.303 e. The first-order valence-corrected chi connectivity index (χ1v) is 6.25. The molecular formula is C12H12BrF2NO3. The molecule has 0 bridgehead atoms. The van der Waals surface area contributed by atoms with Crippen LogP contribution < -0.4 is 5.32 Å². The van der Waals surface area contributed by atoms with Gasteiger partial charge in [-0.25, -0.2) is 8.78 Å². The van der Waals surface area contributed by atoms with E-state index in [1.165, 1.54) is 0 Å². The van der Waals surface area contributed by atoms with Gasteiger partial charge in [-0.1, -0.05) is 22.9 Å². The van der Waals surface area contributed by atoms with Gasteiger partial charge in [0.25, 0.3) is 5.91 Å². The van der Waals surface area contributed by atoms with Crippen molar-refractivity contribution in [3.63, 3.8) is 0 Å². The van der Waals surface area contributed by atoms with Crippen molar-refractivity contribution in [2.75, 3.05) is 6.54 Å². The number of benzene rings is 1. The molecule has 1 aromatic carbocycles. The largest absolute Gasteiger partial charge is 0.481 e. The number of carboxylic acids is 1. The van der Waals surface area contributed by atoms with Crippen LogP contribution in [0.15, 0.2) is 16.6 Å². The first kappa shape index (κ1) is 15.6. The van der Waals surface area contributed by atoms with Gasteiger partial charge in [-0.15, -0.1) is 0 Å². The molecule has 0 aliphatic heterocycles. The third kappa shape index (κ3) is 4.59. The predicted octanol–water partition coefficient (Wildman–Crippen LogP) is 2.57. The molecule has 2 N–H and O–H groups in total. The summed E-state index contributed by atoms with van der Waals surface area (Å²) in [6.45, 7) is 1.64. The van der Waals surface area contributed by atoms with Gasteiger partial charge in [0.1, 0.15) is 17.2 Å². The summed E-state index contributed by atoms with van der Waals surface area (Å²) in [7, 11) is 0. The number of hydrogen-bond donors (Lipinski definition) is 2. The van der Waals surface area contributed by atoms with Gasteiger partial charge < -0.3 is 10.4 Å². The van der Waals surface area contributed by atoms with Crippen LogP contribution in [0, 0.1) is 17.6 Å². The maximum atomic E-state index is 13.5. The van der Waals surface area contributed by atoms with Crippen molar-refractivity contribution >= 4 is 27.8 Å². The van der Waals surface area contributed by atoms with Gasteiger partial charge >= 0.3 is 5.97 Å². The second-order valence-corrected chi connectivity index (χ2v) is 5.07. The van der Waals surface area contributed by atoms with Crippen molar-refractivity contribution in [1.82, 2.24) is 5.32 Å². The van der Waals surface area contributed by atoms with E-state index in [0.29, 0.717) is 0 Å². The smallest absolute Gasteiger partial charge is 0.303 e. The van der Waals surface area contributed by atoms with Crippen molar-refractivity contribution in [3.8, 4) is 0 Å². The van der Waals surface area contributed by atoms with Crippen molar-refractivity contribution in [1.29, 1.82) is 0 Å². The van der Waals surface area contributed by atoms with Crippen LogP contribution in [-0.4, -0.2) is 23.5 Å². The molecule has 1 rings (SSSR count). The molecule has 1 atom stereocenters. The highest BCUT2D eigenvalue weighted by atomic mass is 79.9. The lowest BCUT2D eigenvalue weighted by Crippen LogP contribution is -2.30. The highest BCUT2D eigenvalue weighted by Gasteiger charge is 2.19. The van der Waals surface area contributed by atoms with E-state index >= 15 is 0 Å². The molecule has 0 heterocycles. The molecule has 0 spiro atoms. The van der Waals surface area contributed by atoms with Gasteiger partial charge in [0.05, 0.1) is 0 Å². The molecule has 1 unspecified atom stereocenters. The Morgan fingerprint density at radius 1 is 1.37 bits per heavy atom. The van der Waals surface area contributed by atoms with Gasteiger partial charge in [0.15, 0.2) is 0 Å². The maximum absolute atomic E-state index is 13.5. The molecule has 0 aliphatic carbocycles. The second-order valence-electron chi connectivity index (χ2n) is 4.16. The second kappa shape index (κ2) is 6.60. The topological polar surface area (TPSA) is 66.4 Å². The van der Waals surface area contributed by atoms with Crippen LogP contribution in [0.2, 0.25) is 0 Å². The standard InChI is InChI=1S/C12H12BrF2NO3/c1-6(2-10(17)18)5-16-12(19)11-8(14)3-7(13)4-9(11)15/h3-4,6H,2,5H2,1H3,(H,16,19)(H,17,18). The molecule has 0 radical (unpaired) electrons. The first-order chi connectivity index (χ1) is 8.81. The van der Waals surface area contributed by atoms with E-state index in [9.17, 15) is 18.4 Å². The van der Waals surface area contributed by atoms with Crippen LogP contribution in [-0.2, 0) is 4.79 Å². The highest BCUT2D eigenvalue weighted by molar-refractivity contribution is 9.10. The Morgan fingerprint density at radius 2 is 1.89 bits per heavy atom. The van der Waals surface area contributed by atoms with Crippen molar-refractivity contribution in [3.05, 3.63) is 33.8 Å². The van der Waals surface area contributed by atoms with Crippen LogP contribution in [0.1, 0.15) is 23.7 Å². The number of hydrogen-bond acceptors (Lipinski definition) is 2. The Bertz CT molecular complexity index is 485. The highest BCUT2D eigenvalue weighted by Crippen LogP contribution is 2.19. The molecule has 1 amide bonds. The zero-order valence-corrected chi connectivity index (χ0v) is 11.6. The molecule has 104 valence electrons. The first-order valence-electron chi connectivity index (χ1n) is 5.45. The van der Waals surface area contributed by atoms with E-state index < -0.39 is 29.1 Å². The lowest BCUT2D eigenvalue weighted by molar-refractivity contribution is -0.137. The molecule has 0 saturated carbocycles. The van der Waals surface area contributed by atoms with Crippen LogP contribution in [0.25, 0.3) is 0 Å². The average Bonchev–Trinajstić information content (AvgIpc) is 2.23. The zero-order chi connectivity index (χ0) is 14.6. The Labute approximate surface area is 116 Å². The normalized spacial score (nSPS) is 12.0. The fourth-order valence-electron chi connectivity index (χ4n) is 1.48. The predicted molar refractivity (Wildman–Crippen MR) is 67.8 cm³/mol. The summed E-state index contributed by atoms with van der Waals surface area (Å²) in [6.07, 6.45) is -0.133. The third-order valence-corrected chi connectivity index (χ3v) is 2.83. The molecule has 19 heavy (non-hydrogen) atoms. The summed E-state index contributed by atoms with van der Waals surface area (Å²) >= 11 is 2.91. The summed E-state index contributed by atoms with van der Waals surface area (Å²) in [5, 5.41) is 10.9. The molecule has 4 nitrogen and oxygen atoms in total. The number of carbonyl (C=O) groups is 2. The van der Waals surface area contributed by atoms with Crippen molar-refractivity contribution in [2.45, 2.75) is 13.3 Å². The molecule has 0 aliphatic rings. The van der Waals surface area contributed by atoms with Crippen molar-refractivity contribution in [2.24, 2.45) is 5.92 Å². The van der Waals surface area contributed by atoms with Gasteiger partial charge in [-0.2, -0.15) is 0 Å². The number of halogens is 3. The summed E-state index contributed by atoms with van der Waals surface area (Å²) in [6, 6.07) is 1.97. The summed E-state index contributed by atoms with van der Waals surface area (Å²) in [4.78, 5) is 22.1. The number of nitrogens with one attached hydrogen (secondary N) is 1. The number of aliphatic carboxylic acids is 1. The fourth-order valence-corrected chi connectivity index (χ4v) is 1.89. The minimum Gasteiger partial charge on any atom is -0.481 e. The summed E-state index contributed by atoms with van der Waals surface area (Å²) in [5.74, 6) is -4.18. The molecular weight excluding hydrogens is 324 g/mol. The summed E-state index contributed by atoms with van der Waals surface area (Å²) < 4.78 is 27.1. The third-order valence-electron chi connectivity index (χ3n) is 2.37. The minimum atomic E-state index is -0.997. The van der Waals surface area contributed by atoms with E-state index in [4.69, 9.17) is 5.11 Å². The van der Waals surface area contributed by atoms with E-state index in [-0.39, 0.29) is 23.4 Å².